The lowest BCUT2D eigenvalue weighted by Gasteiger charge is -2.27. The summed E-state index contributed by atoms with van der Waals surface area (Å²) in [7, 11) is 0. The third-order valence-corrected chi connectivity index (χ3v) is 5.97. The van der Waals surface area contributed by atoms with Crippen LogP contribution in [0.1, 0.15) is 37.5 Å². The van der Waals surface area contributed by atoms with Crippen molar-refractivity contribution in [3.8, 4) is 0 Å². The van der Waals surface area contributed by atoms with Crippen molar-refractivity contribution < 1.29 is 0 Å². The molecule has 1 nitrogen and oxygen atoms in total. The molecular formula is C13H20BrNS. The SMILES string of the molecule is CCC1CCC(CN)(Cc2sccc2Br)C1. The maximum Gasteiger partial charge on any atom is 0.0314 e. The van der Waals surface area contributed by atoms with E-state index in [1.165, 1.54) is 35.0 Å². The lowest BCUT2D eigenvalue weighted by atomic mass is 9.81. The monoisotopic (exact) mass is 301 g/mol. The number of hydrogen-bond donors (Lipinski definition) is 1. The average Bonchev–Trinajstić information content (AvgIpc) is 2.88. The molecule has 2 atom stereocenters. The van der Waals surface area contributed by atoms with Crippen LogP contribution in [0.25, 0.3) is 0 Å². The molecule has 2 N–H and O–H groups in total. The highest BCUT2D eigenvalue weighted by Gasteiger charge is 2.37. The Hall–Kier alpha value is 0.140. The molecule has 0 aliphatic heterocycles. The molecule has 0 radical (unpaired) electrons. The van der Waals surface area contributed by atoms with E-state index in [0.717, 1.165) is 18.9 Å². The van der Waals surface area contributed by atoms with E-state index in [1.54, 1.807) is 0 Å². The van der Waals surface area contributed by atoms with Crippen LogP contribution in [-0.4, -0.2) is 6.54 Å². The molecular weight excluding hydrogens is 282 g/mol. The fourth-order valence-electron chi connectivity index (χ4n) is 2.89. The Morgan fingerprint density at radius 2 is 2.44 bits per heavy atom. The molecule has 2 unspecified atom stereocenters. The molecule has 16 heavy (non-hydrogen) atoms. The smallest absolute Gasteiger partial charge is 0.0314 e. The van der Waals surface area contributed by atoms with Crippen molar-refractivity contribution in [2.45, 2.75) is 39.0 Å². The fourth-order valence-corrected chi connectivity index (χ4v) is 4.55. The normalized spacial score (nSPS) is 29.8. The summed E-state index contributed by atoms with van der Waals surface area (Å²) in [5, 5.41) is 2.16. The molecule has 1 saturated carbocycles. The molecule has 0 aromatic carbocycles. The van der Waals surface area contributed by atoms with Crippen molar-refractivity contribution in [2.24, 2.45) is 17.1 Å². The zero-order valence-electron chi connectivity index (χ0n) is 9.84. The number of thiophene rings is 1. The molecule has 1 heterocycles. The summed E-state index contributed by atoms with van der Waals surface area (Å²) in [4.78, 5) is 1.47. The van der Waals surface area contributed by atoms with Gasteiger partial charge in [-0.2, -0.15) is 0 Å². The predicted molar refractivity (Wildman–Crippen MR) is 74.8 cm³/mol. The van der Waals surface area contributed by atoms with Crippen molar-refractivity contribution in [3.05, 3.63) is 20.8 Å². The van der Waals surface area contributed by atoms with Crippen LogP contribution in [0.2, 0.25) is 0 Å². The van der Waals surface area contributed by atoms with Gasteiger partial charge in [-0.05, 0) is 70.9 Å². The second kappa shape index (κ2) is 5.19. The number of nitrogens with two attached hydrogens (primary N) is 1. The van der Waals surface area contributed by atoms with E-state index in [0.29, 0.717) is 5.41 Å². The van der Waals surface area contributed by atoms with Crippen LogP contribution in [0.4, 0.5) is 0 Å². The minimum Gasteiger partial charge on any atom is -0.330 e. The first-order chi connectivity index (χ1) is 7.69. The fraction of sp³-hybridized carbons (Fsp3) is 0.692. The Labute approximate surface area is 111 Å². The Kier molecular flexibility index (Phi) is 4.09. The summed E-state index contributed by atoms with van der Waals surface area (Å²) >= 11 is 5.49. The first-order valence-corrected chi connectivity index (χ1v) is 7.78. The van der Waals surface area contributed by atoms with Gasteiger partial charge < -0.3 is 5.73 Å². The van der Waals surface area contributed by atoms with Crippen molar-refractivity contribution in [1.82, 2.24) is 0 Å². The highest BCUT2D eigenvalue weighted by molar-refractivity contribution is 9.10. The number of rotatable bonds is 4. The van der Waals surface area contributed by atoms with Gasteiger partial charge >= 0.3 is 0 Å². The molecule has 1 aromatic heterocycles. The van der Waals surface area contributed by atoms with Crippen molar-refractivity contribution >= 4 is 27.3 Å². The van der Waals surface area contributed by atoms with Gasteiger partial charge in [-0.3, -0.25) is 0 Å². The van der Waals surface area contributed by atoms with Gasteiger partial charge in [0.15, 0.2) is 0 Å². The van der Waals surface area contributed by atoms with Crippen LogP contribution >= 0.6 is 27.3 Å². The summed E-state index contributed by atoms with van der Waals surface area (Å²) in [5.74, 6) is 0.905. The molecule has 3 heteroatoms. The maximum atomic E-state index is 6.04. The van der Waals surface area contributed by atoms with Gasteiger partial charge in [0, 0.05) is 9.35 Å². The minimum atomic E-state index is 0.383. The second-order valence-electron chi connectivity index (χ2n) is 5.09. The van der Waals surface area contributed by atoms with E-state index >= 15 is 0 Å². The molecule has 1 fully saturated rings. The first-order valence-electron chi connectivity index (χ1n) is 6.11. The van der Waals surface area contributed by atoms with E-state index in [4.69, 9.17) is 5.73 Å². The second-order valence-corrected chi connectivity index (χ2v) is 6.94. The van der Waals surface area contributed by atoms with Crippen LogP contribution in [0.15, 0.2) is 15.9 Å². The molecule has 1 aromatic rings. The highest BCUT2D eigenvalue weighted by Crippen LogP contribution is 2.46. The molecule has 0 amide bonds. The Morgan fingerprint density at radius 1 is 1.62 bits per heavy atom. The molecule has 90 valence electrons. The molecule has 1 aliphatic carbocycles. The molecule has 1 aliphatic rings. The molecule has 0 saturated heterocycles. The summed E-state index contributed by atoms with van der Waals surface area (Å²) < 4.78 is 1.27. The summed E-state index contributed by atoms with van der Waals surface area (Å²) in [6.45, 7) is 3.15. The van der Waals surface area contributed by atoms with Crippen LogP contribution in [0.5, 0.6) is 0 Å². The quantitative estimate of drug-likeness (QED) is 0.886. The number of halogens is 1. The Morgan fingerprint density at radius 3 is 2.94 bits per heavy atom. The Balaban J connectivity index is 2.09. The largest absolute Gasteiger partial charge is 0.330 e. The lowest BCUT2D eigenvalue weighted by molar-refractivity contribution is 0.292. The van der Waals surface area contributed by atoms with Gasteiger partial charge in [-0.25, -0.2) is 0 Å². The maximum absolute atomic E-state index is 6.04. The lowest BCUT2D eigenvalue weighted by Crippen LogP contribution is -2.30. The van der Waals surface area contributed by atoms with E-state index < -0.39 is 0 Å². The van der Waals surface area contributed by atoms with E-state index in [1.807, 2.05) is 11.3 Å². The molecule has 2 rings (SSSR count). The van der Waals surface area contributed by atoms with Gasteiger partial charge in [-0.1, -0.05) is 13.3 Å². The van der Waals surface area contributed by atoms with E-state index in [9.17, 15) is 0 Å². The highest BCUT2D eigenvalue weighted by atomic mass is 79.9. The van der Waals surface area contributed by atoms with E-state index in [-0.39, 0.29) is 0 Å². The predicted octanol–water partition coefficient (Wildman–Crippen LogP) is 4.21. The third kappa shape index (κ3) is 2.52. The van der Waals surface area contributed by atoms with Gasteiger partial charge in [0.2, 0.25) is 0 Å². The number of hydrogen-bond acceptors (Lipinski definition) is 2. The van der Waals surface area contributed by atoms with Crippen molar-refractivity contribution in [2.75, 3.05) is 6.54 Å². The standard InChI is InChI=1S/C13H20BrNS/c1-2-10-3-5-13(7-10,9-15)8-12-11(14)4-6-16-12/h4,6,10H,2-3,5,7-9,15H2,1H3. The van der Waals surface area contributed by atoms with Crippen LogP contribution in [0.3, 0.4) is 0 Å². The summed E-state index contributed by atoms with van der Waals surface area (Å²) in [6, 6.07) is 2.15. The van der Waals surface area contributed by atoms with Crippen LogP contribution in [-0.2, 0) is 6.42 Å². The summed E-state index contributed by atoms with van der Waals surface area (Å²) in [5.41, 5.74) is 6.42. The molecule has 0 spiro atoms. The molecule has 0 bridgehead atoms. The Bertz CT molecular complexity index is 349. The van der Waals surface area contributed by atoms with Crippen LogP contribution < -0.4 is 5.73 Å². The topological polar surface area (TPSA) is 26.0 Å². The minimum absolute atomic E-state index is 0.383. The van der Waals surface area contributed by atoms with Gasteiger partial charge in [0.05, 0.1) is 0 Å². The summed E-state index contributed by atoms with van der Waals surface area (Å²) in [6.07, 6.45) is 6.49. The van der Waals surface area contributed by atoms with Crippen molar-refractivity contribution in [1.29, 1.82) is 0 Å². The van der Waals surface area contributed by atoms with Gasteiger partial charge in [-0.15, -0.1) is 11.3 Å². The zero-order chi connectivity index (χ0) is 11.6. The van der Waals surface area contributed by atoms with Gasteiger partial charge in [0.25, 0.3) is 0 Å². The average molecular weight is 302 g/mol. The zero-order valence-corrected chi connectivity index (χ0v) is 12.2. The van der Waals surface area contributed by atoms with Gasteiger partial charge in [0.1, 0.15) is 0 Å². The third-order valence-electron chi connectivity index (χ3n) is 4.04. The van der Waals surface area contributed by atoms with Crippen molar-refractivity contribution in [3.63, 3.8) is 0 Å². The first kappa shape index (κ1) is 12.6. The van der Waals surface area contributed by atoms with E-state index in [2.05, 4.69) is 34.3 Å². The van der Waals surface area contributed by atoms with Crippen LogP contribution in [0, 0.1) is 11.3 Å².